The SMILES string of the molecule is CC(=O)OCC(C)N(N)/C(=N\N)c1cccc(NC(=O)c2cc3c(cc2F)CCN(SCCC(F)(F)F)C3)n1. The van der Waals surface area contributed by atoms with Crippen LogP contribution in [0.5, 0.6) is 0 Å². The van der Waals surface area contributed by atoms with Crippen molar-refractivity contribution in [3.63, 3.8) is 0 Å². The van der Waals surface area contributed by atoms with Crippen molar-refractivity contribution < 1.29 is 31.9 Å². The molecule has 1 aliphatic rings. The van der Waals surface area contributed by atoms with E-state index >= 15 is 0 Å². The molecule has 39 heavy (non-hydrogen) atoms. The van der Waals surface area contributed by atoms with Gasteiger partial charge in [-0.1, -0.05) is 18.0 Å². The molecule has 2 aromatic rings. The zero-order valence-electron chi connectivity index (χ0n) is 21.3. The number of rotatable bonds is 9. The van der Waals surface area contributed by atoms with Gasteiger partial charge in [0.05, 0.1) is 18.0 Å². The van der Waals surface area contributed by atoms with Gasteiger partial charge in [-0.15, -0.1) is 0 Å². The fourth-order valence-corrected chi connectivity index (χ4v) is 4.76. The van der Waals surface area contributed by atoms with Gasteiger partial charge in [-0.2, -0.15) is 18.3 Å². The smallest absolute Gasteiger partial charge is 0.389 e. The van der Waals surface area contributed by atoms with E-state index in [9.17, 15) is 27.2 Å². The number of hydrogen-bond acceptors (Lipinski definition) is 9. The average Bonchev–Trinajstić information content (AvgIpc) is 2.86. The largest absolute Gasteiger partial charge is 0.464 e. The van der Waals surface area contributed by atoms with Crippen LogP contribution in [0.25, 0.3) is 0 Å². The second kappa shape index (κ2) is 13.1. The second-order valence-corrected chi connectivity index (χ2v) is 9.97. The molecule has 1 amide bonds. The van der Waals surface area contributed by atoms with E-state index < -0.39 is 36.3 Å². The van der Waals surface area contributed by atoms with E-state index in [1.807, 2.05) is 0 Å². The van der Waals surface area contributed by atoms with Crippen LogP contribution in [0.1, 0.15) is 47.4 Å². The van der Waals surface area contributed by atoms with Crippen LogP contribution in [0.15, 0.2) is 35.4 Å². The molecule has 0 spiro atoms. The number of esters is 1. The van der Waals surface area contributed by atoms with Gasteiger partial charge in [0.25, 0.3) is 5.91 Å². The van der Waals surface area contributed by atoms with Gasteiger partial charge >= 0.3 is 12.1 Å². The maximum Gasteiger partial charge on any atom is 0.389 e. The number of benzene rings is 1. The summed E-state index contributed by atoms with van der Waals surface area (Å²) < 4.78 is 59.0. The van der Waals surface area contributed by atoms with Crippen LogP contribution in [0.4, 0.5) is 23.4 Å². The summed E-state index contributed by atoms with van der Waals surface area (Å²) in [6, 6.07) is 6.77. The topological polar surface area (TPSA) is 139 Å². The van der Waals surface area contributed by atoms with Gasteiger partial charge in [-0.25, -0.2) is 19.5 Å². The van der Waals surface area contributed by atoms with E-state index in [0.29, 0.717) is 24.1 Å². The van der Waals surface area contributed by atoms with Crippen LogP contribution in [0.2, 0.25) is 0 Å². The number of amidine groups is 1. The molecule has 0 radical (unpaired) electrons. The van der Waals surface area contributed by atoms with Crippen molar-refractivity contribution in [2.75, 3.05) is 24.2 Å². The number of carbonyl (C=O) groups excluding carboxylic acids is 2. The highest BCUT2D eigenvalue weighted by Crippen LogP contribution is 2.29. The first-order chi connectivity index (χ1) is 18.4. The molecular weight excluding hydrogens is 542 g/mol. The monoisotopic (exact) mass is 571 g/mol. The Morgan fingerprint density at radius 1 is 1.31 bits per heavy atom. The van der Waals surface area contributed by atoms with Crippen LogP contribution in [-0.2, 0) is 22.5 Å². The molecule has 0 aliphatic carbocycles. The van der Waals surface area contributed by atoms with Crippen LogP contribution in [0.3, 0.4) is 0 Å². The van der Waals surface area contributed by atoms with Gasteiger partial charge in [-0.3, -0.25) is 14.6 Å². The van der Waals surface area contributed by atoms with Crippen molar-refractivity contribution in [1.29, 1.82) is 0 Å². The Morgan fingerprint density at radius 3 is 2.72 bits per heavy atom. The predicted octanol–water partition coefficient (Wildman–Crippen LogP) is 3.18. The molecule has 5 N–H and O–H groups in total. The van der Waals surface area contributed by atoms with Crippen LogP contribution in [0, 0.1) is 5.82 Å². The minimum absolute atomic E-state index is 0.0306. The number of nitrogens with zero attached hydrogens (tertiary/aromatic N) is 4. The highest BCUT2D eigenvalue weighted by atomic mass is 32.2. The van der Waals surface area contributed by atoms with Crippen molar-refractivity contribution in [2.24, 2.45) is 16.8 Å². The van der Waals surface area contributed by atoms with Gasteiger partial charge in [-0.05, 0) is 48.7 Å². The zero-order chi connectivity index (χ0) is 28.7. The first kappa shape index (κ1) is 30.1. The van der Waals surface area contributed by atoms with E-state index in [0.717, 1.165) is 11.9 Å². The lowest BCUT2D eigenvalue weighted by Gasteiger charge is -2.28. The number of pyridine rings is 1. The molecule has 3 rings (SSSR count). The van der Waals surface area contributed by atoms with E-state index in [-0.39, 0.29) is 41.8 Å². The Morgan fingerprint density at radius 2 is 2.05 bits per heavy atom. The number of hydrazine groups is 1. The Balaban J connectivity index is 1.71. The van der Waals surface area contributed by atoms with Gasteiger partial charge in [0.2, 0.25) is 0 Å². The predicted molar refractivity (Wildman–Crippen MR) is 139 cm³/mol. The third kappa shape index (κ3) is 8.53. The normalized spacial score (nSPS) is 14.9. The van der Waals surface area contributed by atoms with Crippen molar-refractivity contribution in [3.8, 4) is 0 Å². The number of anilines is 1. The summed E-state index contributed by atoms with van der Waals surface area (Å²) in [4.78, 5) is 28.3. The number of ether oxygens (including phenoxy) is 1. The number of hydrogen-bond donors (Lipinski definition) is 3. The molecule has 2 heterocycles. The number of carbonyl (C=O) groups is 2. The van der Waals surface area contributed by atoms with Crippen LogP contribution >= 0.6 is 11.9 Å². The molecule has 0 saturated heterocycles. The molecule has 1 aromatic carbocycles. The minimum Gasteiger partial charge on any atom is -0.464 e. The highest BCUT2D eigenvalue weighted by molar-refractivity contribution is 7.96. The van der Waals surface area contributed by atoms with Crippen molar-refractivity contribution in [2.45, 2.75) is 45.5 Å². The van der Waals surface area contributed by atoms with Crippen LogP contribution < -0.4 is 17.0 Å². The second-order valence-electron chi connectivity index (χ2n) is 8.79. The summed E-state index contributed by atoms with van der Waals surface area (Å²) in [5.41, 5.74) is 1.33. The lowest BCUT2D eigenvalue weighted by Crippen LogP contribution is -2.47. The Kier molecular flexibility index (Phi) is 10.1. The molecule has 0 bridgehead atoms. The minimum atomic E-state index is -4.23. The number of fused-ring (bicyclic) bond motifs is 1. The molecule has 0 fully saturated rings. The fraction of sp³-hybridized carbons (Fsp3) is 0.417. The molecular formula is C24H29F4N7O3S. The zero-order valence-corrected chi connectivity index (χ0v) is 22.1. The number of halogens is 4. The Hall–Kier alpha value is -3.43. The molecule has 1 aliphatic heterocycles. The van der Waals surface area contributed by atoms with Gasteiger partial charge in [0.1, 0.15) is 23.9 Å². The summed E-state index contributed by atoms with van der Waals surface area (Å²) in [7, 11) is 0. The van der Waals surface area contributed by atoms with E-state index in [4.69, 9.17) is 16.4 Å². The number of hydrazone groups is 1. The lowest BCUT2D eigenvalue weighted by molar-refractivity contribution is -0.142. The fourth-order valence-electron chi connectivity index (χ4n) is 3.73. The quantitative estimate of drug-likeness (QED) is 0.0788. The Bertz CT molecular complexity index is 1230. The first-order valence-electron chi connectivity index (χ1n) is 11.9. The van der Waals surface area contributed by atoms with E-state index in [2.05, 4.69) is 15.4 Å². The summed E-state index contributed by atoms with van der Waals surface area (Å²) in [5, 5.41) is 7.36. The van der Waals surface area contributed by atoms with E-state index in [1.54, 1.807) is 23.4 Å². The maximum atomic E-state index is 14.8. The number of aromatic nitrogens is 1. The van der Waals surface area contributed by atoms with Crippen molar-refractivity contribution >= 4 is 35.5 Å². The summed E-state index contributed by atoms with van der Waals surface area (Å²) >= 11 is 1.07. The number of nitrogens with one attached hydrogen (secondary N) is 1. The third-order valence-corrected chi connectivity index (χ3v) is 6.82. The van der Waals surface area contributed by atoms with E-state index in [1.165, 1.54) is 30.1 Å². The molecule has 10 nitrogen and oxygen atoms in total. The maximum absolute atomic E-state index is 14.8. The van der Waals surface area contributed by atoms with Gasteiger partial charge < -0.3 is 15.9 Å². The molecule has 1 aromatic heterocycles. The van der Waals surface area contributed by atoms with Crippen LogP contribution in [-0.4, -0.2) is 63.1 Å². The summed E-state index contributed by atoms with van der Waals surface area (Å²) in [6.45, 7) is 3.66. The molecule has 0 saturated carbocycles. The average molecular weight is 572 g/mol. The molecule has 15 heteroatoms. The molecule has 1 atom stereocenters. The molecule has 212 valence electrons. The number of amides is 1. The lowest BCUT2D eigenvalue weighted by atomic mass is 9.97. The van der Waals surface area contributed by atoms with Gasteiger partial charge in [0, 0.05) is 25.8 Å². The Labute approximate surface area is 226 Å². The molecule has 1 unspecified atom stereocenters. The number of alkyl halides is 3. The van der Waals surface area contributed by atoms with Crippen molar-refractivity contribution in [1.82, 2.24) is 14.3 Å². The summed E-state index contributed by atoms with van der Waals surface area (Å²) in [6.07, 6.45) is -4.70. The van der Waals surface area contributed by atoms with Gasteiger partial charge in [0.15, 0.2) is 5.84 Å². The summed E-state index contributed by atoms with van der Waals surface area (Å²) in [5.74, 6) is 9.62. The first-order valence-corrected chi connectivity index (χ1v) is 12.8. The van der Waals surface area contributed by atoms with Crippen molar-refractivity contribution in [3.05, 3.63) is 58.5 Å². The third-order valence-electron chi connectivity index (χ3n) is 5.76. The highest BCUT2D eigenvalue weighted by Gasteiger charge is 2.28. The standard InChI is InChI=1S/C24H29F4N7O3S/c1-14(13-38-15(2)36)35(30)22(33-29)20-4-3-5-21(31-20)32-23(37)18-10-17-12-34(39-9-7-24(26,27)28)8-6-16(17)11-19(18)25/h3-5,10-11,14H,6-9,12-13,29-30H2,1-2H3,(H,31,32,37)/b33-22-. The number of nitrogens with two attached hydrogens (primary N) is 2.